The lowest BCUT2D eigenvalue weighted by molar-refractivity contribution is -0.137. The number of anilines is 2. The quantitative estimate of drug-likeness (QED) is 0.345. The highest BCUT2D eigenvalue weighted by molar-refractivity contribution is 5.80. The van der Waals surface area contributed by atoms with Crippen molar-refractivity contribution in [3.05, 3.63) is 72.7 Å². The predicted molar refractivity (Wildman–Crippen MR) is 111 cm³/mol. The van der Waals surface area contributed by atoms with Crippen molar-refractivity contribution < 1.29 is 17.9 Å². The SMILES string of the molecule is FC(F)(F)c1cccc(Nc2n[nH]c(-c3cccc(Oc4ncnc5[nH]ccc45)c3)n2)c1. The van der Waals surface area contributed by atoms with Crippen molar-refractivity contribution in [3.8, 4) is 23.0 Å². The zero-order chi connectivity index (χ0) is 22.1. The molecule has 0 unspecified atom stereocenters. The van der Waals surface area contributed by atoms with Crippen molar-refractivity contribution >= 4 is 22.7 Å². The standard InChI is InChI=1S/C21H14F3N7O/c22-21(23,24)13-4-2-5-14(10-13)28-20-29-17(30-31-20)12-3-1-6-15(9-12)32-19-16-7-8-25-18(16)26-11-27-19/h1-11H,(H,25,26,27)(H2,28,29,30,31). The van der Waals surface area contributed by atoms with Gasteiger partial charge in [-0.25, -0.2) is 9.97 Å². The van der Waals surface area contributed by atoms with E-state index < -0.39 is 11.7 Å². The molecule has 160 valence electrons. The van der Waals surface area contributed by atoms with Crippen LogP contribution in [0.15, 0.2) is 67.1 Å². The molecule has 0 spiro atoms. The number of nitrogens with one attached hydrogen (secondary N) is 3. The van der Waals surface area contributed by atoms with Gasteiger partial charge in [0.05, 0.1) is 10.9 Å². The molecule has 5 rings (SSSR count). The molecule has 0 aliphatic rings. The Balaban J connectivity index is 1.36. The van der Waals surface area contributed by atoms with E-state index in [4.69, 9.17) is 4.74 Å². The van der Waals surface area contributed by atoms with Crippen molar-refractivity contribution in [1.29, 1.82) is 0 Å². The lowest BCUT2D eigenvalue weighted by Crippen LogP contribution is -2.05. The van der Waals surface area contributed by atoms with Crippen LogP contribution in [0.5, 0.6) is 11.6 Å². The summed E-state index contributed by atoms with van der Waals surface area (Å²) in [6.45, 7) is 0. The van der Waals surface area contributed by atoms with Crippen molar-refractivity contribution in [1.82, 2.24) is 30.1 Å². The lowest BCUT2D eigenvalue weighted by atomic mass is 10.2. The second kappa shape index (κ2) is 7.69. The first-order valence-corrected chi connectivity index (χ1v) is 9.39. The van der Waals surface area contributed by atoms with Gasteiger partial charge in [0, 0.05) is 17.4 Å². The Hall–Kier alpha value is -4.41. The molecule has 0 aliphatic carbocycles. The topological polar surface area (TPSA) is 104 Å². The minimum Gasteiger partial charge on any atom is -0.438 e. The van der Waals surface area contributed by atoms with Crippen molar-refractivity contribution in [3.63, 3.8) is 0 Å². The van der Waals surface area contributed by atoms with Crippen LogP contribution in [-0.2, 0) is 6.18 Å². The highest BCUT2D eigenvalue weighted by Crippen LogP contribution is 2.32. The summed E-state index contributed by atoms with van der Waals surface area (Å²) in [5.41, 5.74) is 0.796. The Morgan fingerprint density at radius 1 is 0.969 bits per heavy atom. The van der Waals surface area contributed by atoms with E-state index in [9.17, 15) is 13.2 Å². The number of aromatic amines is 2. The van der Waals surface area contributed by atoms with Crippen LogP contribution >= 0.6 is 0 Å². The number of rotatable bonds is 5. The van der Waals surface area contributed by atoms with Gasteiger partial charge in [0.1, 0.15) is 17.7 Å². The molecule has 0 saturated carbocycles. The van der Waals surface area contributed by atoms with Crippen LogP contribution in [0, 0.1) is 0 Å². The molecule has 0 aliphatic heterocycles. The fourth-order valence-electron chi connectivity index (χ4n) is 3.10. The molecule has 0 fully saturated rings. The molecule has 0 saturated heterocycles. The molecule has 5 aromatic rings. The molecule has 0 amide bonds. The number of nitrogens with zero attached hydrogens (tertiary/aromatic N) is 4. The average Bonchev–Trinajstić information content (AvgIpc) is 3.44. The second-order valence-electron chi connectivity index (χ2n) is 6.76. The summed E-state index contributed by atoms with van der Waals surface area (Å²) in [6.07, 6.45) is -1.28. The number of ether oxygens (including phenoxy) is 1. The van der Waals surface area contributed by atoms with E-state index in [1.165, 1.54) is 18.5 Å². The summed E-state index contributed by atoms with van der Waals surface area (Å²) in [5, 5.41) is 10.3. The maximum absolute atomic E-state index is 12.9. The number of hydrogen-bond donors (Lipinski definition) is 3. The summed E-state index contributed by atoms with van der Waals surface area (Å²) in [5.74, 6) is 1.47. The van der Waals surface area contributed by atoms with Gasteiger partial charge in [0.2, 0.25) is 11.8 Å². The summed E-state index contributed by atoms with van der Waals surface area (Å²) in [7, 11) is 0. The molecule has 3 N–H and O–H groups in total. The van der Waals surface area contributed by atoms with Gasteiger partial charge in [-0.3, -0.25) is 5.10 Å². The highest BCUT2D eigenvalue weighted by atomic mass is 19.4. The van der Waals surface area contributed by atoms with Crippen molar-refractivity contribution in [2.45, 2.75) is 6.18 Å². The van der Waals surface area contributed by atoms with Crippen LogP contribution in [0.4, 0.5) is 24.8 Å². The molecule has 32 heavy (non-hydrogen) atoms. The van der Waals surface area contributed by atoms with E-state index >= 15 is 0 Å². The third-order valence-corrected chi connectivity index (χ3v) is 4.57. The van der Waals surface area contributed by atoms with Gasteiger partial charge in [-0.1, -0.05) is 18.2 Å². The average molecular weight is 437 g/mol. The van der Waals surface area contributed by atoms with Crippen molar-refractivity contribution in [2.24, 2.45) is 0 Å². The van der Waals surface area contributed by atoms with Crippen LogP contribution in [-0.4, -0.2) is 30.1 Å². The third kappa shape index (κ3) is 3.95. The molecule has 3 aromatic heterocycles. The van der Waals surface area contributed by atoms with E-state index in [-0.39, 0.29) is 11.6 Å². The number of hydrogen-bond acceptors (Lipinski definition) is 6. The van der Waals surface area contributed by atoms with Crippen LogP contribution in [0.25, 0.3) is 22.4 Å². The largest absolute Gasteiger partial charge is 0.438 e. The smallest absolute Gasteiger partial charge is 0.416 e. The van der Waals surface area contributed by atoms with Crippen LogP contribution < -0.4 is 10.1 Å². The zero-order valence-corrected chi connectivity index (χ0v) is 16.2. The van der Waals surface area contributed by atoms with Gasteiger partial charge >= 0.3 is 6.18 Å². The van der Waals surface area contributed by atoms with E-state index in [1.807, 2.05) is 6.07 Å². The number of aromatic nitrogens is 6. The molecular formula is C21H14F3N7O. The van der Waals surface area contributed by atoms with Crippen LogP contribution in [0.2, 0.25) is 0 Å². The Morgan fingerprint density at radius 2 is 1.84 bits per heavy atom. The lowest BCUT2D eigenvalue weighted by Gasteiger charge is -2.08. The van der Waals surface area contributed by atoms with Gasteiger partial charge in [0.15, 0.2) is 5.82 Å². The van der Waals surface area contributed by atoms with Crippen LogP contribution in [0.1, 0.15) is 5.56 Å². The molecule has 3 heterocycles. The number of halogens is 3. The van der Waals surface area contributed by atoms with E-state index in [1.54, 1.807) is 30.5 Å². The van der Waals surface area contributed by atoms with E-state index in [2.05, 4.69) is 35.5 Å². The molecule has 11 heteroatoms. The summed E-state index contributed by atoms with van der Waals surface area (Å²) in [6, 6.07) is 13.7. The van der Waals surface area contributed by atoms with Gasteiger partial charge in [0.25, 0.3) is 0 Å². The Kier molecular flexibility index (Phi) is 4.70. The Labute approximate surface area is 178 Å². The fourth-order valence-corrected chi connectivity index (χ4v) is 3.10. The molecule has 0 atom stereocenters. The van der Waals surface area contributed by atoms with Gasteiger partial charge in [-0.05, 0) is 36.4 Å². The molecule has 2 aromatic carbocycles. The molecule has 8 nitrogen and oxygen atoms in total. The number of H-pyrrole nitrogens is 2. The summed E-state index contributed by atoms with van der Waals surface area (Å²) in [4.78, 5) is 15.6. The molecular weight excluding hydrogens is 423 g/mol. The van der Waals surface area contributed by atoms with E-state index in [0.717, 1.165) is 17.5 Å². The first-order chi connectivity index (χ1) is 15.5. The van der Waals surface area contributed by atoms with E-state index in [0.29, 0.717) is 28.7 Å². The third-order valence-electron chi connectivity index (χ3n) is 4.57. The number of alkyl halides is 3. The Bertz CT molecular complexity index is 1390. The first kappa shape index (κ1) is 19.5. The van der Waals surface area contributed by atoms with Crippen molar-refractivity contribution in [2.75, 3.05) is 5.32 Å². The van der Waals surface area contributed by atoms with Gasteiger partial charge < -0.3 is 15.0 Å². The highest BCUT2D eigenvalue weighted by Gasteiger charge is 2.30. The fraction of sp³-hybridized carbons (Fsp3) is 0.0476. The minimum absolute atomic E-state index is 0.135. The normalized spacial score (nSPS) is 11.6. The molecule has 0 radical (unpaired) electrons. The first-order valence-electron chi connectivity index (χ1n) is 9.39. The summed E-state index contributed by atoms with van der Waals surface area (Å²) >= 11 is 0. The maximum atomic E-state index is 12.9. The van der Waals surface area contributed by atoms with Crippen LogP contribution in [0.3, 0.4) is 0 Å². The number of benzene rings is 2. The Morgan fingerprint density at radius 3 is 2.72 bits per heavy atom. The monoisotopic (exact) mass is 437 g/mol. The minimum atomic E-state index is -4.43. The van der Waals surface area contributed by atoms with Gasteiger partial charge in [-0.2, -0.15) is 18.2 Å². The summed E-state index contributed by atoms with van der Waals surface area (Å²) < 4.78 is 44.6. The maximum Gasteiger partial charge on any atom is 0.416 e. The van der Waals surface area contributed by atoms with Gasteiger partial charge in [-0.15, -0.1) is 5.10 Å². The zero-order valence-electron chi connectivity index (χ0n) is 16.2. The molecule has 0 bridgehead atoms. The second-order valence-corrected chi connectivity index (χ2v) is 6.76. The predicted octanol–water partition coefficient (Wildman–Crippen LogP) is 5.30. The number of fused-ring (bicyclic) bond motifs is 1.